The molecule has 0 saturated heterocycles. The lowest BCUT2D eigenvalue weighted by atomic mass is 10.2. The van der Waals surface area contributed by atoms with Gasteiger partial charge in [-0.2, -0.15) is 0 Å². The van der Waals surface area contributed by atoms with Gasteiger partial charge in [-0.05, 0) is 38.5 Å². The third kappa shape index (κ3) is 7.82. The van der Waals surface area contributed by atoms with Crippen LogP contribution in [0.5, 0.6) is 0 Å². The molecular formula is C14H23ClN2O2. The lowest BCUT2D eigenvalue weighted by molar-refractivity contribution is -0.116. The minimum Gasteiger partial charge on any atom is -0.374 e. The minimum atomic E-state index is -0.127. The largest absolute Gasteiger partial charge is 0.374 e. The second-order valence-electron chi connectivity index (χ2n) is 4.79. The first kappa shape index (κ1) is 17.9. The number of rotatable bonds is 6. The van der Waals surface area contributed by atoms with E-state index in [1.165, 1.54) is 0 Å². The van der Waals surface area contributed by atoms with Crippen molar-refractivity contribution in [3.63, 3.8) is 0 Å². The molecule has 1 unspecified atom stereocenters. The number of benzene rings is 1. The number of hydrogen-bond donors (Lipinski definition) is 2. The van der Waals surface area contributed by atoms with Gasteiger partial charge in [-0.1, -0.05) is 12.1 Å². The second-order valence-corrected chi connectivity index (χ2v) is 4.79. The zero-order chi connectivity index (χ0) is 13.5. The molecule has 1 atom stereocenters. The van der Waals surface area contributed by atoms with Gasteiger partial charge in [0.15, 0.2) is 0 Å². The standard InChI is InChI=1S/C14H22N2O2.ClH/c1-10(2)18-9-12-5-4-6-13(8-12)16-14(17)7-11(3)15;/h4-6,8,10-11H,7,9,15H2,1-3H3,(H,16,17);1H. The van der Waals surface area contributed by atoms with Crippen molar-refractivity contribution in [3.8, 4) is 0 Å². The zero-order valence-corrected chi connectivity index (χ0v) is 12.5. The van der Waals surface area contributed by atoms with E-state index in [2.05, 4.69) is 5.32 Å². The highest BCUT2D eigenvalue weighted by atomic mass is 35.5. The molecule has 1 rings (SSSR count). The van der Waals surface area contributed by atoms with Gasteiger partial charge in [-0.15, -0.1) is 12.4 Å². The maximum absolute atomic E-state index is 11.6. The van der Waals surface area contributed by atoms with Crippen LogP contribution in [0.3, 0.4) is 0 Å². The van der Waals surface area contributed by atoms with E-state index in [1.807, 2.05) is 45.0 Å². The van der Waals surface area contributed by atoms with E-state index in [9.17, 15) is 4.79 Å². The number of amides is 1. The number of carbonyl (C=O) groups is 1. The number of nitrogens with two attached hydrogens (primary N) is 1. The minimum absolute atomic E-state index is 0. The van der Waals surface area contributed by atoms with Crippen LogP contribution >= 0.6 is 12.4 Å². The van der Waals surface area contributed by atoms with Crippen molar-refractivity contribution in [2.45, 2.75) is 45.9 Å². The molecule has 0 saturated carbocycles. The number of ether oxygens (including phenoxy) is 1. The quantitative estimate of drug-likeness (QED) is 0.845. The van der Waals surface area contributed by atoms with E-state index in [0.29, 0.717) is 13.0 Å². The highest BCUT2D eigenvalue weighted by Crippen LogP contribution is 2.12. The smallest absolute Gasteiger partial charge is 0.225 e. The molecule has 1 aromatic carbocycles. The molecule has 1 aromatic rings. The van der Waals surface area contributed by atoms with Crippen LogP contribution in [0.4, 0.5) is 5.69 Å². The van der Waals surface area contributed by atoms with Crippen molar-refractivity contribution in [2.75, 3.05) is 5.32 Å². The first-order valence-corrected chi connectivity index (χ1v) is 6.23. The van der Waals surface area contributed by atoms with Crippen LogP contribution in [0, 0.1) is 0 Å². The van der Waals surface area contributed by atoms with E-state index in [4.69, 9.17) is 10.5 Å². The van der Waals surface area contributed by atoms with Crippen LogP contribution in [0.25, 0.3) is 0 Å². The summed E-state index contributed by atoms with van der Waals surface area (Å²) in [7, 11) is 0. The highest BCUT2D eigenvalue weighted by Gasteiger charge is 2.06. The number of halogens is 1. The fourth-order valence-corrected chi connectivity index (χ4v) is 1.51. The number of hydrogen-bond acceptors (Lipinski definition) is 3. The Labute approximate surface area is 121 Å². The van der Waals surface area contributed by atoms with Crippen LogP contribution in [-0.2, 0) is 16.1 Å². The highest BCUT2D eigenvalue weighted by molar-refractivity contribution is 5.91. The summed E-state index contributed by atoms with van der Waals surface area (Å²) in [5.74, 6) is -0.0630. The zero-order valence-electron chi connectivity index (χ0n) is 11.7. The van der Waals surface area contributed by atoms with Gasteiger partial charge in [-0.3, -0.25) is 4.79 Å². The van der Waals surface area contributed by atoms with Gasteiger partial charge in [0.25, 0.3) is 0 Å². The van der Waals surface area contributed by atoms with E-state index in [-0.39, 0.29) is 30.5 Å². The number of anilines is 1. The molecule has 0 aliphatic carbocycles. The van der Waals surface area contributed by atoms with Crippen LogP contribution in [-0.4, -0.2) is 18.1 Å². The lowest BCUT2D eigenvalue weighted by Gasteiger charge is -2.10. The molecule has 1 amide bonds. The molecular weight excluding hydrogens is 264 g/mol. The van der Waals surface area contributed by atoms with Gasteiger partial charge in [0, 0.05) is 18.2 Å². The second kappa shape index (κ2) is 8.91. The summed E-state index contributed by atoms with van der Waals surface area (Å²) in [5.41, 5.74) is 7.40. The number of nitrogens with one attached hydrogen (secondary N) is 1. The average molecular weight is 287 g/mol. The summed E-state index contributed by atoms with van der Waals surface area (Å²) < 4.78 is 5.52. The lowest BCUT2D eigenvalue weighted by Crippen LogP contribution is -2.24. The van der Waals surface area contributed by atoms with E-state index >= 15 is 0 Å². The van der Waals surface area contributed by atoms with Crippen molar-refractivity contribution < 1.29 is 9.53 Å². The molecule has 19 heavy (non-hydrogen) atoms. The van der Waals surface area contributed by atoms with E-state index < -0.39 is 0 Å². The molecule has 108 valence electrons. The van der Waals surface area contributed by atoms with Gasteiger partial charge in [0.1, 0.15) is 0 Å². The Balaban J connectivity index is 0.00000324. The molecule has 0 spiro atoms. The number of carbonyl (C=O) groups excluding carboxylic acids is 1. The topological polar surface area (TPSA) is 64.4 Å². The molecule has 0 bridgehead atoms. The Morgan fingerprint density at radius 1 is 1.37 bits per heavy atom. The van der Waals surface area contributed by atoms with E-state index in [0.717, 1.165) is 11.3 Å². The fraction of sp³-hybridized carbons (Fsp3) is 0.500. The van der Waals surface area contributed by atoms with Gasteiger partial charge in [0.05, 0.1) is 12.7 Å². The third-order valence-electron chi connectivity index (χ3n) is 2.30. The van der Waals surface area contributed by atoms with Crippen LogP contribution in [0.1, 0.15) is 32.8 Å². The Hall–Kier alpha value is -1.10. The Kier molecular flexibility index (Phi) is 8.39. The SMILES string of the molecule is CC(N)CC(=O)Nc1cccc(COC(C)C)c1.Cl. The summed E-state index contributed by atoms with van der Waals surface area (Å²) in [5, 5.41) is 2.83. The van der Waals surface area contributed by atoms with Crippen molar-refractivity contribution in [3.05, 3.63) is 29.8 Å². The summed E-state index contributed by atoms with van der Waals surface area (Å²) in [6.07, 6.45) is 0.522. The molecule has 5 heteroatoms. The maximum atomic E-state index is 11.6. The molecule has 0 radical (unpaired) electrons. The Bertz CT molecular complexity index is 395. The third-order valence-corrected chi connectivity index (χ3v) is 2.30. The molecule has 0 heterocycles. The molecule has 0 aromatic heterocycles. The maximum Gasteiger partial charge on any atom is 0.225 e. The first-order valence-electron chi connectivity index (χ1n) is 6.23. The van der Waals surface area contributed by atoms with Crippen molar-refractivity contribution >= 4 is 24.0 Å². The van der Waals surface area contributed by atoms with Gasteiger partial charge >= 0.3 is 0 Å². The summed E-state index contributed by atoms with van der Waals surface area (Å²) in [6.45, 7) is 6.35. The predicted molar refractivity (Wildman–Crippen MR) is 80.5 cm³/mol. The van der Waals surface area contributed by atoms with E-state index in [1.54, 1.807) is 0 Å². The predicted octanol–water partition coefficient (Wildman–Crippen LogP) is 2.71. The Morgan fingerprint density at radius 3 is 2.63 bits per heavy atom. The molecule has 3 N–H and O–H groups in total. The van der Waals surface area contributed by atoms with Crippen LogP contribution in [0.15, 0.2) is 24.3 Å². The fourth-order valence-electron chi connectivity index (χ4n) is 1.51. The van der Waals surface area contributed by atoms with Gasteiger partial charge in [0.2, 0.25) is 5.91 Å². The van der Waals surface area contributed by atoms with Crippen LogP contribution in [0.2, 0.25) is 0 Å². The Morgan fingerprint density at radius 2 is 2.05 bits per heavy atom. The van der Waals surface area contributed by atoms with Crippen molar-refractivity contribution in [1.29, 1.82) is 0 Å². The summed E-state index contributed by atoms with van der Waals surface area (Å²) in [6, 6.07) is 7.53. The monoisotopic (exact) mass is 286 g/mol. The van der Waals surface area contributed by atoms with Crippen LogP contribution < -0.4 is 11.1 Å². The summed E-state index contributed by atoms with van der Waals surface area (Å²) >= 11 is 0. The van der Waals surface area contributed by atoms with Gasteiger partial charge < -0.3 is 15.8 Å². The normalized spacial score (nSPS) is 11.8. The molecule has 4 nitrogen and oxygen atoms in total. The molecule has 0 aliphatic heterocycles. The van der Waals surface area contributed by atoms with Crippen molar-refractivity contribution in [2.24, 2.45) is 5.73 Å². The molecule has 0 aliphatic rings. The van der Waals surface area contributed by atoms with Gasteiger partial charge in [-0.25, -0.2) is 0 Å². The first-order chi connectivity index (χ1) is 8.47. The molecule has 0 fully saturated rings. The van der Waals surface area contributed by atoms with Crippen molar-refractivity contribution in [1.82, 2.24) is 0 Å². The average Bonchev–Trinajstić information content (AvgIpc) is 2.25. The summed E-state index contributed by atoms with van der Waals surface area (Å²) in [4.78, 5) is 11.6.